The van der Waals surface area contributed by atoms with Crippen molar-refractivity contribution in [3.8, 4) is 5.69 Å². The van der Waals surface area contributed by atoms with Gasteiger partial charge in [-0.3, -0.25) is 0 Å². The monoisotopic (exact) mass is 287 g/mol. The zero-order chi connectivity index (χ0) is 14.5. The van der Waals surface area contributed by atoms with Crippen LogP contribution in [0.3, 0.4) is 0 Å². The fraction of sp³-hybridized carbons (Fsp3) is 0.533. The minimum absolute atomic E-state index is 0.376. The van der Waals surface area contributed by atoms with Gasteiger partial charge in [0, 0.05) is 12.6 Å². The summed E-state index contributed by atoms with van der Waals surface area (Å²) in [6, 6.07) is 8.54. The Balaban J connectivity index is 1.73. The van der Waals surface area contributed by atoms with Crippen molar-refractivity contribution in [3.63, 3.8) is 0 Å². The Hall–Kier alpha value is -1.95. The highest BCUT2D eigenvalue weighted by Gasteiger charge is 2.22. The van der Waals surface area contributed by atoms with Crippen LogP contribution in [-0.2, 0) is 4.74 Å². The second-order valence-corrected chi connectivity index (χ2v) is 5.42. The lowest BCUT2D eigenvalue weighted by Crippen LogP contribution is -2.34. The van der Waals surface area contributed by atoms with Gasteiger partial charge >= 0.3 is 0 Å². The third kappa shape index (κ3) is 3.39. The molecule has 1 aromatic heterocycles. The molecule has 1 aromatic carbocycles. The van der Waals surface area contributed by atoms with E-state index in [0.717, 1.165) is 37.2 Å². The van der Waals surface area contributed by atoms with Gasteiger partial charge in [0.1, 0.15) is 6.33 Å². The molecule has 0 spiro atoms. The first-order valence-corrected chi connectivity index (χ1v) is 7.57. The molecule has 2 aromatic rings. The van der Waals surface area contributed by atoms with Crippen LogP contribution in [0.15, 0.2) is 30.6 Å². The highest BCUT2D eigenvalue weighted by atomic mass is 16.5. The summed E-state index contributed by atoms with van der Waals surface area (Å²) in [6.07, 6.45) is 6.37. The molecule has 0 aliphatic carbocycles. The van der Waals surface area contributed by atoms with Crippen LogP contribution in [0.25, 0.3) is 5.69 Å². The number of anilines is 1. The summed E-state index contributed by atoms with van der Waals surface area (Å²) in [4.78, 5) is 0. The van der Waals surface area contributed by atoms with Crippen LogP contribution in [0, 0.1) is 0 Å². The Kier molecular flexibility index (Phi) is 4.45. The van der Waals surface area contributed by atoms with Crippen LogP contribution in [0.1, 0.15) is 32.6 Å². The number of benzene rings is 1. The Morgan fingerprint density at radius 3 is 3.10 bits per heavy atom. The molecule has 1 saturated heterocycles. The van der Waals surface area contributed by atoms with Gasteiger partial charge in [-0.05, 0) is 41.8 Å². The smallest absolute Gasteiger partial charge is 0.143 e. The van der Waals surface area contributed by atoms with E-state index in [4.69, 9.17) is 4.74 Å². The second-order valence-electron chi connectivity index (χ2n) is 5.42. The minimum Gasteiger partial charge on any atom is -0.380 e. The van der Waals surface area contributed by atoms with E-state index in [0.29, 0.717) is 12.1 Å². The van der Waals surface area contributed by atoms with E-state index >= 15 is 0 Å². The largest absolute Gasteiger partial charge is 0.380 e. The van der Waals surface area contributed by atoms with Crippen molar-refractivity contribution >= 4 is 5.69 Å². The van der Waals surface area contributed by atoms with Gasteiger partial charge in [-0.1, -0.05) is 25.5 Å². The molecular weight excluding hydrogens is 266 g/mol. The van der Waals surface area contributed by atoms with Gasteiger partial charge in [-0.15, -0.1) is 5.10 Å². The molecule has 1 aliphatic rings. The Morgan fingerprint density at radius 2 is 2.29 bits per heavy atom. The van der Waals surface area contributed by atoms with E-state index in [1.807, 2.05) is 18.2 Å². The van der Waals surface area contributed by atoms with Crippen LogP contribution in [-0.4, -0.2) is 39.0 Å². The molecule has 1 N–H and O–H groups in total. The van der Waals surface area contributed by atoms with E-state index in [2.05, 4.69) is 33.8 Å². The van der Waals surface area contributed by atoms with Crippen LogP contribution in [0.5, 0.6) is 0 Å². The fourth-order valence-electron chi connectivity index (χ4n) is 2.82. The summed E-state index contributed by atoms with van der Waals surface area (Å²) in [5.41, 5.74) is 2.04. The fourth-order valence-corrected chi connectivity index (χ4v) is 2.82. The number of aromatic nitrogens is 4. The van der Waals surface area contributed by atoms with Crippen molar-refractivity contribution in [3.05, 3.63) is 30.6 Å². The summed E-state index contributed by atoms with van der Waals surface area (Å²) in [5.74, 6) is 0. The number of nitrogens with one attached hydrogen (secondary N) is 1. The van der Waals surface area contributed by atoms with Gasteiger partial charge in [-0.25, -0.2) is 0 Å². The topological polar surface area (TPSA) is 64.9 Å². The third-order valence-corrected chi connectivity index (χ3v) is 3.84. The molecule has 0 radical (unpaired) electrons. The summed E-state index contributed by atoms with van der Waals surface area (Å²) < 4.78 is 7.50. The van der Waals surface area contributed by atoms with Gasteiger partial charge in [0.05, 0.1) is 17.5 Å². The van der Waals surface area contributed by atoms with Gasteiger partial charge in [-0.2, -0.15) is 4.68 Å². The molecule has 0 bridgehead atoms. The van der Waals surface area contributed by atoms with Gasteiger partial charge in [0.2, 0.25) is 0 Å². The first kappa shape index (κ1) is 14.0. The summed E-state index contributed by atoms with van der Waals surface area (Å²) in [6.45, 7) is 3.03. The van der Waals surface area contributed by atoms with E-state index < -0.39 is 0 Å². The maximum Gasteiger partial charge on any atom is 0.143 e. The molecule has 6 heteroatoms. The van der Waals surface area contributed by atoms with E-state index in [9.17, 15) is 0 Å². The quantitative estimate of drug-likeness (QED) is 0.915. The summed E-state index contributed by atoms with van der Waals surface area (Å²) >= 11 is 0. The minimum atomic E-state index is 0.376. The average molecular weight is 287 g/mol. The SMILES string of the molecule is CCCC1CC(Nc2ccccc2-n2cnnn2)CCO1. The van der Waals surface area contributed by atoms with Crippen LogP contribution in [0.4, 0.5) is 5.69 Å². The predicted octanol–water partition coefficient (Wildman–Crippen LogP) is 2.42. The third-order valence-electron chi connectivity index (χ3n) is 3.84. The van der Waals surface area contributed by atoms with Crippen LogP contribution in [0.2, 0.25) is 0 Å². The molecule has 21 heavy (non-hydrogen) atoms. The number of ether oxygens (including phenoxy) is 1. The lowest BCUT2D eigenvalue weighted by atomic mass is 9.99. The van der Waals surface area contributed by atoms with Gasteiger partial charge in [0.15, 0.2) is 0 Å². The zero-order valence-electron chi connectivity index (χ0n) is 12.3. The van der Waals surface area contributed by atoms with Crippen molar-refractivity contribution in [2.45, 2.75) is 44.8 Å². The number of nitrogens with zero attached hydrogens (tertiary/aromatic N) is 4. The Labute approximate surface area is 124 Å². The number of para-hydroxylation sites is 2. The maximum atomic E-state index is 5.81. The van der Waals surface area contributed by atoms with Crippen molar-refractivity contribution < 1.29 is 4.74 Å². The van der Waals surface area contributed by atoms with Crippen molar-refractivity contribution in [1.82, 2.24) is 20.2 Å². The summed E-state index contributed by atoms with van der Waals surface area (Å²) in [7, 11) is 0. The average Bonchev–Trinajstić information content (AvgIpc) is 3.03. The second kappa shape index (κ2) is 6.67. The normalized spacial score (nSPS) is 22.1. The van der Waals surface area contributed by atoms with E-state index in [1.54, 1.807) is 11.0 Å². The molecule has 2 atom stereocenters. The molecular formula is C15H21N5O. The molecule has 1 fully saturated rings. The number of rotatable bonds is 5. The van der Waals surface area contributed by atoms with E-state index in [-0.39, 0.29) is 0 Å². The molecule has 0 saturated carbocycles. The first-order valence-electron chi connectivity index (χ1n) is 7.57. The molecule has 1 aliphatic heterocycles. The lowest BCUT2D eigenvalue weighted by Gasteiger charge is -2.31. The molecule has 6 nitrogen and oxygen atoms in total. The highest BCUT2D eigenvalue weighted by molar-refractivity contribution is 5.60. The molecule has 3 rings (SSSR count). The Morgan fingerprint density at radius 1 is 1.38 bits per heavy atom. The highest BCUT2D eigenvalue weighted by Crippen LogP contribution is 2.25. The number of hydrogen-bond acceptors (Lipinski definition) is 5. The van der Waals surface area contributed by atoms with Crippen molar-refractivity contribution in [2.75, 3.05) is 11.9 Å². The summed E-state index contributed by atoms with van der Waals surface area (Å²) in [5, 5.41) is 15.0. The Bertz CT molecular complexity index is 555. The molecule has 2 heterocycles. The first-order chi connectivity index (χ1) is 10.4. The van der Waals surface area contributed by atoms with Crippen molar-refractivity contribution in [2.24, 2.45) is 0 Å². The molecule has 0 amide bonds. The standard InChI is InChI=1S/C15H21N5O/c1-2-5-13-10-12(8-9-21-13)17-14-6-3-4-7-15(14)20-11-16-18-19-20/h3-4,6-7,11-13,17H,2,5,8-10H2,1H3. The maximum absolute atomic E-state index is 5.81. The van der Waals surface area contributed by atoms with Crippen LogP contribution < -0.4 is 5.32 Å². The molecule has 2 unspecified atom stereocenters. The number of hydrogen-bond donors (Lipinski definition) is 1. The van der Waals surface area contributed by atoms with E-state index in [1.165, 1.54) is 6.42 Å². The van der Waals surface area contributed by atoms with Crippen molar-refractivity contribution in [1.29, 1.82) is 0 Å². The number of tetrazole rings is 1. The van der Waals surface area contributed by atoms with Crippen LogP contribution >= 0.6 is 0 Å². The zero-order valence-corrected chi connectivity index (χ0v) is 12.3. The van der Waals surface area contributed by atoms with Gasteiger partial charge < -0.3 is 10.1 Å². The van der Waals surface area contributed by atoms with Gasteiger partial charge in [0.25, 0.3) is 0 Å². The predicted molar refractivity (Wildman–Crippen MR) is 80.4 cm³/mol. The molecule has 112 valence electrons. The lowest BCUT2D eigenvalue weighted by molar-refractivity contribution is 0.00597.